The minimum absolute atomic E-state index is 0.00444. The van der Waals surface area contributed by atoms with E-state index >= 15 is 0 Å². The molecule has 2 aromatic rings. The molecule has 0 aliphatic heterocycles. The van der Waals surface area contributed by atoms with E-state index in [1.807, 2.05) is 0 Å². The third kappa shape index (κ3) is 1.53. The smallest absolute Gasteiger partial charge is 0.230 e. The molecule has 1 heterocycles. The maximum atomic E-state index is 13.7. The molecule has 0 spiro atoms. The number of benzene rings is 1. The number of nitrogens with zero attached hydrogens (tertiary/aromatic N) is 1. The third-order valence-corrected chi connectivity index (χ3v) is 2.59. The van der Waals surface area contributed by atoms with Crippen LogP contribution in [0.4, 0.5) is 14.7 Å². The summed E-state index contributed by atoms with van der Waals surface area (Å²) in [7, 11) is 0. The highest BCUT2D eigenvalue weighted by atomic mass is 79.9. The second kappa shape index (κ2) is 3.75. The molecule has 0 unspecified atom stereocenters. The first-order chi connectivity index (χ1) is 7.52. The lowest BCUT2D eigenvalue weighted by Crippen LogP contribution is -1.93. The zero-order valence-electron chi connectivity index (χ0n) is 7.67. The fourth-order valence-electron chi connectivity index (χ4n) is 1.27. The largest absolute Gasteiger partial charge is 0.504 e. The van der Waals surface area contributed by atoms with E-state index in [0.29, 0.717) is 0 Å². The number of phenolic OH excluding ortho intramolecular Hbond substituents is 1. The van der Waals surface area contributed by atoms with Gasteiger partial charge in [0.2, 0.25) is 5.88 Å². The second-order valence-corrected chi connectivity index (χ2v) is 3.84. The predicted octanol–water partition coefficient (Wildman–Crippen LogP) is 2.67. The summed E-state index contributed by atoms with van der Waals surface area (Å²) in [5.74, 6) is -2.85. The van der Waals surface area contributed by atoms with Crippen molar-refractivity contribution in [3.8, 4) is 16.9 Å². The Morgan fingerprint density at radius 2 is 2.12 bits per heavy atom. The van der Waals surface area contributed by atoms with Gasteiger partial charge in [-0.2, -0.15) is 0 Å². The normalized spacial score (nSPS) is 10.7. The van der Waals surface area contributed by atoms with Crippen molar-refractivity contribution in [1.29, 1.82) is 0 Å². The van der Waals surface area contributed by atoms with Gasteiger partial charge in [0.15, 0.2) is 11.6 Å². The van der Waals surface area contributed by atoms with Gasteiger partial charge in [0.1, 0.15) is 5.82 Å². The number of rotatable bonds is 1. The Bertz CT molecular complexity index is 530. The van der Waals surface area contributed by atoms with E-state index in [2.05, 4.69) is 25.6 Å². The first-order valence-electron chi connectivity index (χ1n) is 4.09. The fraction of sp³-hybridized carbons (Fsp3) is 0. The van der Waals surface area contributed by atoms with E-state index in [0.717, 1.165) is 12.3 Å². The number of nitrogen functional groups attached to an aromatic ring is 1. The highest BCUT2D eigenvalue weighted by Gasteiger charge is 2.22. The minimum Gasteiger partial charge on any atom is -0.504 e. The van der Waals surface area contributed by atoms with Crippen LogP contribution in [0, 0.1) is 11.6 Å². The molecule has 1 aromatic carbocycles. The average Bonchev–Trinajstić information content (AvgIpc) is 2.63. The third-order valence-electron chi connectivity index (χ3n) is 2.01. The molecule has 0 saturated carbocycles. The van der Waals surface area contributed by atoms with Gasteiger partial charge < -0.3 is 15.4 Å². The summed E-state index contributed by atoms with van der Waals surface area (Å²) >= 11 is 2.82. The molecule has 0 radical (unpaired) electrons. The quantitative estimate of drug-likeness (QED) is 0.792. The predicted molar refractivity (Wildman–Crippen MR) is 55.6 cm³/mol. The van der Waals surface area contributed by atoms with E-state index in [1.165, 1.54) is 0 Å². The van der Waals surface area contributed by atoms with Crippen molar-refractivity contribution < 1.29 is 18.4 Å². The Labute approximate surface area is 96.8 Å². The maximum Gasteiger partial charge on any atom is 0.230 e. The van der Waals surface area contributed by atoms with E-state index in [-0.39, 0.29) is 21.5 Å². The molecular formula is C9H5BrF2N2O2. The molecule has 84 valence electrons. The van der Waals surface area contributed by atoms with Crippen molar-refractivity contribution in [2.45, 2.75) is 0 Å². The summed E-state index contributed by atoms with van der Waals surface area (Å²) in [4.78, 5) is 0. The molecule has 0 saturated heterocycles. The highest BCUT2D eigenvalue weighted by Crippen LogP contribution is 2.39. The number of phenols is 1. The molecule has 0 aliphatic carbocycles. The van der Waals surface area contributed by atoms with Crippen LogP contribution >= 0.6 is 15.9 Å². The van der Waals surface area contributed by atoms with Gasteiger partial charge in [0, 0.05) is 0 Å². The summed E-state index contributed by atoms with van der Waals surface area (Å²) in [6.45, 7) is 0. The van der Waals surface area contributed by atoms with Gasteiger partial charge in [0.25, 0.3) is 0 Å². The summed E-state index contributed by atoms with van der Waals surface area (Å²) in [6.07, 6.45) is 1.10. The molecule has 0 bridgehead atoms. The summed E-state index contributed by atoms with van der Waals surface area (Å²) < 4.78 is 31.3. The van der Waals surface area contributed by atoms with Crippen molar-refractivity contribution in [3.63, 3.8) is 0 Å². The molecule has 0 atom stereocenters. The van der Waals surface area contributed by atoms with E-state index in [1.54, 1.807) is 0 Å². The monoisotopic (exact) mass is 290 g/mol. The minimum atomic E-state index is -0.969. The Balaban J connectivity index is 2.79. The van der Waals surface area contributed by atoms with Crippen LogP contribution in [0.5, 0.6) is 5.75 Å². The van der Waals surface area contributed by atoms with E-state index in [4.69, 9.17) is 5.73 Å². The Hall–Kier alpha value is -1.63. The Morgan fingerprint density at radius 1 is 1.44 bits per heavy atom. The molecule has 2 rings (SSSR count). The molecule has 1 aromatic heterocycles. The van der Waals surface area contributed by atoms with Gasteiger partial charge in [0.05, 0.1) is 21.8 Å². The van der Waals surface area contributed by atoms with Crippen LogP contribution in [0.15, 0.2) is 21.3 Å². The SMILES string of the molecule is Nc1oncc1-c1c(O)c(F)cc(Br)c1F. The van der Waals surface area contributed by atoms with Crippen LogP contribution in [-0.2, 0) is 0 Å². The number of aromatic nitrogens is 1. The highest BCUT2D eigenvalue weighted by molar-refractivity contribution is 9.10. The van der Waals surface area contributed by atoms with E-state index < -0.39 is 17.4 Å². The van der Waals surface area contributed by atoms with Crippen molar-refractivity contribution in [2.75, 3.05) is 5.73 Å². The molecule has 4 nitrogen and oxygen atoms in total. The van der Waals surface area contributed by atoms with Gasteiger partial charge in [-0.05, 0) is 22.0 Å². The van der Waals surface area contributed by atoms with E-state index in [9.17, 15) is 13.9 Å². The van der Waals surface area contributed by atoms with Crippen LogP contribution in [0.1, 0.15) is 0 Å². The number of aromatic hydroxyl groups is 1. The zero-order chi connectivity index (χ0) is 11.9. The molecular weight excluding hydrogens is 286 g/mol. The Kier molecular flexibility index (Phi) is 2.55. The second-order valence-electron chi connectivity index (χ2n) is 2.98. The van der Waals surface area contributed by atoms with Crippen LogP contribution < -0.4 is 5.73 Å². The van der Waals surface area contributed by atoms with Gasteiger partial charge in [-0.25, -0.2) is 8.78 Å². The van der Waals surface area contributed by atoms with Gasteiger partial charge in [-0.15, -0.1) is 0 Å². The summed E-state index contributed by atoms with van der Waals surface area (Å²) in [5, 5.41) is 12.8. The van der Waals surface area contributed by atoms with Crippen LogP contribution in [0.3, 0.4) is 0 Å². The summed E-state index contributed by atoms with van der Waals surface area (Å²) in [5.41, 5.74) is 4.98. The average molecular weight is 291 g/mol. The number of hydrogen-bond acceptors (Lipinski definition) is 4. The lowest BCUT2D eigenvalue weighted by Gasteiger charge is -2.06. The van der Waals surface area contributed by atoms with Gasteiger partial charge in [-0.1, -0.05) is 5.16 Å². The zero-order valence-corrected chi connectivity index (χ0v) is 9.25. The molecule has 7 heteroatoms. The Morgan fingerprint density at radius 3 is 2.69 bits per heavy atom. The maximum absolute atomic E-state index is 13.7. The number of nitrogens with two attached hydrogens (primary N) is 1. The van der Waals surface area contributed by atoms with Crippen LogP contribution in [0.2, 0.25) is 0 Å². The van der Waals surface area contributed by atoms with Crippen molar-refractivity contribution in [3.05, 3.63) is 28.4 Å². The first kappa shape index (κ1) is 10.9. The standard InChI is InChI=1S/C9H5BrF2N2O2/c10-4-1-5(11)8(15)6(7(4)12)3-2-14-16-9(3)13/h1-2,15H,13H2. The molecule has 0 fully saturated rings. The molecule has 3 N–H and O–H groups in total. The molecule has 0 amide bonds. The van der Waals surface area contributed by atoms with Crippen molar-refractivity contribution in [2.24, 2.45) is 0 Å². The van der Waals surface area contributed by atoms with Gasteiger partial charge >= 0.3 is 0 Å². The van der Waals surface area contributed by atoms with Crippen LogP contribution in [0.25, 0.3) is 11.1 Å². The lowest BCUT2D eigenvalue weighted by atomic mass is 10.1. The fourth-order valence-corrected chi connectivity index (χ4v) is 1.67. The number of hydrogen-bond donors (Lipinski definition) is 2. The molecule has 0 aliphatic rings. The topological polar surface area (TPSA) is 72.3 Å². The molecule has 16 heavy (non-hydrogen) atoms. The van der Waals surface area contributed by atoms with Crippen molar-refractivity contribution in [1.82, 2.24) is 5.16 Å². The number of anilines is 1. The van der Waals surface area contributed by atoms with Crippen LogP contribution in [-0.4, -0.2) is 10.3 Å². The summed E-state index contributed by atoms with van der Waals surface area (Å²) in [6, 6.07) is 0.817. The van der Waals surface area contributed by atoms with Crippen molar-refractivity contribution >= 4 is 21.8 Å². The number of halogens is 3. The van der Waals surface area contributed by atoms with Gasteiger partial charge in [-0.3, -0.25) is 0 Å². The first-order valence-corrected chi connectivity index (χ1v) is 4.88. The lowest BCUT2D eigenvalue weighted by molar-refractivity contribution is 0.427.